The van der Waals surface area contributed by atoms with Crippen molar-refractivity contribution in [2.24, 2.45) is 0 Å². The quantitative estimate of drug-likeness (QED) is 0.839. The Balaban J connectivity index is 2.15. The lowest BCUT2D eigenvalue weighted by molar-refractivity contribution is 0.0939. The number of carbonyl (C=O) groups is 1. The van der Waals surface area contributed by atoms with Crippen LogP contribution in [0.25, 0.3) is 0 Å². The molecular formula is C16H17BrN2O. The number of amides is 1. The van der Waals surface area contributed by atoms with Crippen LogP contribution in [-0.4, -0.2) is 5.91 Å². The van der Waals surface area contributed by atoms with E-state index in [2.05, 4.69) is 21.2 Å². The maximum atomic E-state index is 12.3. The van der Waals surface area contributed by atoms with Crippen LogP contribution in [0.15, 0.2) is 46.9 Å². The van der Waals surface area contributed by atoms with Gasteiger partial charge in [0, 0.05) is 15.7 Å². The fraction of sp³-hybridized carbons (Fsp3) is 0.188. The van der Waals surface area contributed by atoms with Gasteiger partial charge in [-0.2, -0.15) is 0 Å². The number of anilines is 1. The molecule has 2 aromatic carbocycles. The number of nitrogens with two attached hydrogens (primary N) is 1. The van der Waals surface area contributed by atoms with Crippen LogP contribution in [-0.2, 0) is 0 Å². The van der Waals surface area contributed by atoms with Crippen LogP contribution >= 0.6 is 15.9 Å². The van der Waals surface area contributed by atoms with Crippen molar-refractivity contribution < 1.29 is 4.79 Å². The van der Waals surface area contributed by atoms with Crippen LogP contribution in [0.5, 0.6) is 0 Å². The maximum absolute atomic E-state index is 12.3. The van der Waals surface area contributed by atoms with Crippen LogP contribution < -0.4 is 11.1 Å². The Bertz CT molecular complexity index is 623. The van der Waals surface area contributed by atoms with Gasteiger partial charge in [-0.05, 0) is 49.2 Å². The van der Waals surface area contributed by atoms with E-state index in [1.807, 2.05) is 38.1 Å². The molecule has 0 aromatic heterocycles. The molecule has 0 aliphatic rings. The number of carbonyl (C=O) groups excluding carboxylic acids is 1. The lowest BCUT2D eigenvalue weighted by atomic mass is 10.0. The summed E-state index contributed by atoms with van der Waals surface area (Å²) in [7, 11) is 0. The number of benzene rings is 2. The highest BCUT2D eigenvalue weighted by molar-refractivity contribution is 9.10. The Kier molecular flexibility index (Phi) is 4.45. The highest BCUT2D eigenvalue weighted by atomic mass is 79.9. The second kappa shape index (κ2) is 6.09. The van der Waals surface area contributed by atoms with E-state index in [1.165, 1.54) is 0 Å². The van der Waals surface area contributed by atoms with Crippen molar-refractivity contribution in [3.05, 3.63) is 63.6 Å². The second-order valence-corrected chi connectivity index (χ2v) is 5.68. The summed E-state index contributed by atoms with van der Waals surface area (Å²) < 4.78 is 1.02. The molecule has 0 fully saturated rings. The summed E-state index contributed by atoms with van der Waals surface area (Å²) in [6.45, 7) is 3.82. The smallest absolute Gasteiger partial charge is 0.252 e. The van der Waals surface area contributed by atoms with Gasteiger partial charge in [0.2, 0.25) is 0 Å². The fourth-order valence-electron chi connectivity index (χ4n) is 2.01. The van der Waals surface area contributed by atoms with Gasteiger partial charge in [-0.3, -0.25) is 4.79 Å². The maximum Gasteiger partial charge on any atom is 0.252 e. The standard InChI is InChI=1S/C16H17BrN2O/c1-10-14(4-3-5-15(10)18)16(20)19-11(2)12-6-8-13(17)9-7-12/h3-9,11H,18H2,1-2H3,(H,19,20)/t11-/m0/s1. The molecule has 0 aliphatic heterocycles. The first-order valence-corrected chi connectivity index (χ1v) is 7.19. The van der Waals surface area contributed by atoms with Crippen LogP contribution in [0.2, 0.25) is 0 Å². The second-order valence-electron chi connectivity index (χ2n) is 4.77. The molecule has 0 radical (unpaired) electrons. The van der Waals surface area contributed by atoms with E-state index in [9.17, 15) is 4.79 Å². The average Bonchev–Trinajstić information content (AvgIpc) is 2.42. The molecule has 1 atom stereocenters. The molecule has 2 aromatic rings. The first kappa shape index (κ1) is 14.6. The molecule has 0 unspecified atom stereocenters. The normalized spacial score (nSPS) is 11.9. The van der Waals surface area contributed by atoms with Crippen molar-refractivity contribution in [3.8, 4) is 0 Å². The summed E-state index contributed by atoms with van der Waals surface area (Å²) in [6.07, 6.45) is 0. The monoisotopic (exact) mass is 332 g/mol. The topological polar surface area (TPSA) is 55.1 Å². The highest BCUT2D eigenvalue weighted by Crippen LogP contribution is 2.19. The van der Waals surface area contributed by atoms with Gasteiger partial charge >= 0.3 is 0 Å². The largest absolute Gasteiger partial charge is 0.398 e. The molecule has 0 bridgehead atoms. The van der Waals surface area contributed by atoms with Gasteiger partial charge in [0.05, 0.1) is 6.04 Å². The minimum Gasteiger partial charge on any atom is -0.398 e. The molecule has 3 nitrogen and oxygen atoms in total. The van der Waals surface area contributed by atoms with Gasteiger partial charge in [-0.1, -0.05) is 34.1 Å². The van der Waals surface area contributed by atoms with Crippen molar-refractivity contribution >= 4 is 27.5 Å². The minimum absolute atomic E-state index is 0.0589. The van der Waals surface area contributed by atoms with E-state index in [0.717, 1.165) is 15.6 Å². The Morgan fingerprint density at radius 3 is 2.50 bits per heavy atom. The summed E-state index contributed by atoms with van der Waals surface area (Å²) in [5, 5.41) is 2.99. The molecule has 4 heteroatoms. The average molecular weight is 333 g/mol. The van der Waals surface area contributed by atoms with E-state index in [-0.39, 0.29) is 11.9 Å². The summed E-state index contributed by atoms with van der Waals surface area (Å²) >= 11 is 3.40. The van der Waals surface area contributed by atoms with E-state index < -0.39 is 0 Å². The predicted molar refractivity (Wildman–Crippen MR) is 85.6 cm³/mol. The number of nitrogens with one attached hydrogen (secondary N) is 1. The number of hydrogen-bond donors (Lipinski definition) is 2. The van der Waals surface area contributed by atoms with Crippen LogP contribution in [0, 0.1) is 6.92 Å². The van der Waals surface area contributed by atoms with Gasteiger partial charge in [0.25, 0.3) is 5.91 Å². The third kappa shape index (κ3) is 3.20. The molecule has 2 rings (SSSR count). The molecule has 104 valence electrons. The lowest BCUT2D eigenvalue weighted by Crippen LogP contribution is -2.27. The van der Waals surface area contributed by atoms with E-state index >= 15 is 0 Å². The molecule has 0 saturated carbocycles. The van der Waals surface area contributed by atoms with Crippen LogP contribution in [0.3, 0.4) is 0 Å². The zero-order chi connectivity index (χ0) is 14.7. The van der Waals surface area contributed by atoms with Gasteiger partial charge in [-0.25, -0.2) is 0 Å². The fourth-order valence-corrected chi connectivity index (χ4v) is 2.27. The first-order chi connectivity index (χ1) is 9.49. The van der Waals surface area contributed by atoms with Crippen molar-refractivity contribution in [3.63, 3.8) is 0 Å². The summed E-state index contributed by atoms with van der Waals surface area (Å²) in [6, 6.07) is 13.2. The van der Waals surface area contributed by atoms with E-state index in [1.54, 1.807) is 18.2 Å². The van der Waals surface area contributed by atoms with Gasteiger partial charge in [0.1, 0.15) is 0 Å². The van der Waals surface area contributed by atoms with Gasteiger partial charge in [0.15, 0.2) is 0 Å². The van der Waals surface area contributed by atoms with Crippen LogP contribution in [0.1, 0.15) is 34.5 Å². The molecule has 1 amide bonds. The minimum atomic E-state index is -0.106. The SMILES string of the molecule is Cc1c(N)cccc1C(=O)N[C@@H](C)c1ccc(Br)cc1. The lowest BCUT2D eigenvalue weighted by Gasteiger charge is -2.16. The van der Waals surface area contributed by atoms with Gasteiger partial charge in [-0.15, -0.1) is 0 Å². The Labute approximate surface area is 127 Å². The van der Waals surface area contributed by atoms with Crippen LogP contribution in [0.4, 0.5) is 5.69 Å². The summed E-state index contributed by atoms with van der Waals surface area (Å²) in [5.74, 6) is -0.106. The first-order valence-electron chi connectivity index (χ1n) is 6.40. The molecule has 0 spiro atoms. The zero-order valence-electron chi connectivity index (χ0n) is 11.5. The summed E-state index contributed by atoms with van der Waals surface area (Å²) in [5.41, 5.74) is 8.96. The highest BCUT2D eigenvalue weighted by Gasteiger charge is 2.14. The number of nitrogen functional groups attached to an aromatic ring is 1. The van der Waals surface area contributed by atoms with E-state index in [0.29, 0.717) is 11.3 Å². The molecule has 0 aliphatic carbocycles. The molecule has 20 heavy (non-hydrogen) atoms. The molecule has 3 N–H and O–H groups in total. The van der Waals surface area contributed by atoms with Crippen molar-refractivity contribution in [1.82, 2.24) is 5.32 Å². The van der Waals surface area contributed by atoms with E-state index in [4.69, 9.17) is 5.73 Å². The Morgan fingerprint density at radius 2 is 1.85 bits per heavy atom. The molecule has 0 saturated heterocycles. The third-order valence-corrected chi connectivity index (χ3v) is 3.87. The number of halogens is 1. The van der Waals surface area contributed by atoms with Crippen molar-refractivity contribution in [1.29, 1.82) is 0 Å². The molecule has 0 heterocycles. The number of rotatable bonds is 3. The summed E-state index contributed by atoms with van der Waals surface area (Å²) in [4.78, 5) is 12.3. The zero-order valence-corrected chi connectivity index (χ0v) is 13.1. The Morgan fingerprint density at radius 1 is 1.20 bits per heavy atom. The van der Waals surface area contributed by atoms with Gasteiger partial charge < -0.3 is 11.1 Å². The van der Waals surface area contributed by atoms with Crippen molar-refractivity contribution in [2.75, 3.05) is 5.73 Å². The number of hydrogen-bond acceptors (Lipinski definition) is 2. The molecular weight excluding hydrogens is 316 g/mol. The van der Waals surface area contributed by atoms with Crippen molar-refractivity contribution in [2.45, 2.75) is 19.9 Å². The predicted octanol–water partition coefficient (Wildman–Crippen LogP) is 3.83. The Hall–Kier alpha value is -1.81. The third-order valence-electron chi connectivity index (χ3n) is 3.34.